The zero-order valence-electron chi connectivity index (χ0n) is 19.9. The molecule has 1 N–H and O–H groups in total. The smallest absolute Gasteiger partial charge is 0.183 e. The quantitative estimate of drug-likeness (QED) is 0.270. The van der Waals surface area contributed by atoms with Gasteiger partial charge in [-0.1, -0.05) is 97.9 Å². The fraction of sp³-hybridized carbons (Fsp3) is 0.167. The molecule has 0 bridgehead atoms. The molecule has 172 valence electrons. The molecule has 0 saturated heterocycles. The van der Waals surface area contributed by atoms with E-state index in [2.05, 4.69) is 52.2 Å². The summed E-state index contributed by atoms with van der Waals surface area (Å²) in [7, 11) is 0. The Hall–Kier alpha value is -3.89. The van der Waals surface area contributed by atoms with Crippen LogP contribution in [0.5, 0.6) is 0 Å². The minimum atomic E-state index is 0.00225. The maximum absolute atomic E-state index is 9.70. The largest absolute Gasteiger partial charge is 0.392 e. The van der Waals surface area contributed by atoms with E-state index in [0.29, 0.717) is 12.3 Å². The van der Waals surface area contributed by atoms with E-state index in [4.69, 9.17) is 4.52 Å². The Morgan fingerprint density at radius 1 is 0.941 bits per heavy atom. The second-order valence-corrected chi connectivity index (χ2v) is 7.74. The van der Waals surface area contributed by atoms with Gasteiger partial charge in [0.25, 0.3) is 0 Å². The molecule has 4 nitrogen and oxygen atoms in total. The van der Waals surface area contributed by atoms with Crippen molar-refractivity contribution in [2.45, 2.75) is 27.3 Å². The van der Waals surface area contributed by atoms with Crippen LogP contribution in [-0.4, -0.2) is 21.4 Å². The van der Waals surface area contributed by atoms with Crippen LogP contribution in [0.4, 0.5) is 0 Å². The molecule has 2 heterocycles. The van der Waals surface area contributed by atoms with Crippen molar-refractivity contribution in [1.82, 2.24) is 9.72 Å². The molecule has 0 aliphatic rings. The normalized spacial score (nSPS) is 11.8. The molecule has 0 amide bonds. The number of fused-ring (bicyclic) bond motifs is 3. The summed E-state index contributed by atoms with van der Waals surface area (Å²) in [6, 6.07) is 26.9. The van der Waals surface area contributed by atoms with Gasteiger partial charge in [0.2, 0.25) is 0 Å². The number of aromatic nitrogens is 2. The third-order valence-corrected chi connectivity index (χ3v) is 5.74. The second-order valence-electron chi connectivity index (χ2n) is 7.74. The minimum absolute atomic E-state index is 0.00225. The Balaban J connectivity index is 0.00000133. The number of aliphatic hydroxyl groups excluding tert-OH is 1. The number of benzene rings is 3. The van der Waals surface area contributed by atoms with Gasteiger partial charge in [-0.2, -0.15) is 0 Å². The van der Waals surface area contributed by atoms with Crippen LogP contribution in [0.2, 0.25) is 0 Å². The van der Waals surface area contributed by atoms with Gasteiger partial charge in [-0.25, -0.2) is 0 Å². The van der Waals surface area contributed by atoms with Crippen LogP contribution in [-0.2, 0) is 6.54 Å². The van der Waals surface area contributed by atoms with Gasteiger partial charge in [-0.05, 0) is 35.4 Å². The van der Waals surface area contributed by atoms with E-state index >= 15 is 0 Å². The molecule has 0 saturated carbocycles. The van der Waals surface area contributed by atoms with E-state index in [-0.39, 0.29) is 6.61 Å². The lowest BCUT2D eigenvalue weighted by Gasteiger charge is -2.08. The van der Waals surface area contributed by atoms with Crippen molar-refractivity contribution >= 4 is 21.7 Å². The molecule has 0 aliphatic heterocycles. The molecule has 0 atom stereocenters. The van der Waals surface area contributed by atoms with Crippen molar-refractivity contribution in [3.05, 3.63) is 103 Å². The summed E-state index contributed by atoms with van der Waals surface area (Å²) in [5.41, 5.74) is 4.78. The third kappa shape index (κ3) is 4.59. The van der Waals surface area contributed by atoms with Crippen molar-refractivity contribution in [1.29, 1.82) is 0 Å². The van der Waals surface area contributed by atoms with Gasteiger partial charge in [0.1, 0.15) is 5.69 Å². The topological polar surface area (TPSA) is 51.2 Å². The zero-order chi connectivity index (χ0) is 23.9. The number of rotatable bonds is 6. The maximum atomic E-state index is 9.70. The number of nitrogens with zero attached hydrogens (tertiary/aromatic N) is 2. The number of hydrogen-bond donors (Lipinski definition) is 1. The summed E-state index contributed by atoms with van der Waals surface area (Å²) in [5, 5.41) is 17.6. The average Bonchev–Trinajstić information content (AvgIpc) is 3.53. The van der Waals surface area contributed by atoms with Gasteiger partial charge >= 0.3 is 0 Å². The van der Waals surface area contributed by atoms with Crippen molar-refractivity contribution < 1.29 is 9.63 Å². The number of aliphatic hydroxyl groups is 1. The monoisotopic (exact) mass is 450 g/mol. The number of allylic oxidation sites excluding steroid dienone is 2. The highest BCUT2D eigenvalue weighted by Crippen LogP contribution is 2.34. The van der Waals surface area contributed by atoms with E-state index in [1.807, 2.05) is 75.4 Å². The molecule has 4 heteroatoms. The Bertz CT molecular complexity index is 1440. The first-order valence-electron chi connectivity index (χ1n) is 11.7. The number of hydrogen-bond acceptors (Lipinski definition) is 3. The Kier molecular flexibility index (Phi) is 7.41. The van der Waals surface area contributed by atoms with Crippen molar-refractivity contribution in [2.75, 3.05) is 6.61 Å². The Labute approximate surface area is 200 Å². The van der Waals surface area contributed by atoms with Crippen molar-refractivity contribution in [3.63, 3.8) is 0 Å². The highest BCUT2D eigenvalue weighted by Gasteiger charge is 2.17. The van der Waals surface area contributed by atoms with E-state index < -0.39 is 0 Å². The highest BCUT2D eigenvalue weighted by atomic mass is 16.5. The molecule has 0 unspecified atom stereocenters. The molecule has 0 spiro atoms. The van der Waals surface area contributed by atoms with Gasteiger partial charge in [-0.3, -0.25) is 0 Å². The van der Waals surface area contributed by atoms with Crippen LogP contribution in [0, 0.1) is 0 Å². The fourth-order valence-electron chi connectivity index (χ4n) is 4.17. The van der Waals surface area contributed by atoms with E-state index in [0.717, 1.165) is 28.0 Å². The standard InChI is InChI=1S/C28H24N2O2.C2H6/c1-2-8-20(19-31)15-16-30-26-14-13-21-9-6-7-12-23(21)24(26)17-27(30)28-18-25(29-32-28)22-10-4-3-5-11-22;1-2/h2-15,17-18,31H,16,19H2,1H3;1-2H3/b8-2-,20-15+;. The Morgan fingerprint density at radius 3 is 2.47 bits per heavy atom. The van der Waals surface area contributed by atoms with Crippen LogP contribution in [0.15, 0.2) is 107 Å². The molecule has 34 heavy (non-hydrogen) atoms. The summed E-state index contributed by atoms with van der Waals surface area (Å²) in [6.07, 6.45) is 5.92. The third-order valence-electron chi connectivity index (χ3n) is 5.74. The molecule has 0 fully saturated rings. The highest BCUT2D eigenvalue weighted by molar-refractivity contribution is 6.08. The predicted octanol–water partition coefficient (Wildman–Crippen LogP) is 7.64. The predicted molar refractivity (Wildman–Crippen MR) is 142 cm³/mol. The molecule has 5 aromatic rings. The lowest BCUT2D eigenvalue weighted by atomic mass is 10.1. The lowest BCUT2D eigenvalue weighted by molar-refractivity contribution is 0.334. The van der Waals surface area contributed by atoms with Crippen molar-refractivity contribution in [2.24, 2.45) is 0 Å². The van der Waals surface area contributed by atoms with E-state index in [1.165, 1.54) is 16.2 Å². The molecule has 0 radical (unpaired) electrons. The van der Waals surface area contributed by atoms with E-state index in [1.54, 1.807) is 0 Å². The van der Waals surface area contributed by atoms with Gasteiger partial charge in [-0.15, -0.1) is 0 Å². The fourth-order valence-corrected chi connectivity index (χ4v) is 4.17. The van der Waals surface area contributed by atoms with Crippen LogP contribution >= 0.6 is 0 Å². The summed E-state index contributed by atoms with van der Waals surface area (Å²) >= 11 is 0. The van der Waals surface area contributed by atoms with Crippen LogP contribution in [0.1, 0.15) is 20.8 Å². The van der Waals surface area contributed by atoms with Crippen LogP contribution < -0.4 is 0 Å². The molecular formula is C30H30N2O2. The van der Waals surface area contributed by atoms with Gasteiger partial charge < -0.3 is 14.2 Å². The molecular weight excluding hydrogens is 420 g/mol. The Morgan fingerprint density at radius 2 is 1.71 bits per heavy atom. The lowest BCUT2D eigenvalue weighted by Crippen LogP contribution is -1.99. The molecule has 5 rings (SSSR count). The summed E-state index contributed by atoms with van der Waals surface area (Å²) < 4.78 is 8.03. The first-order valence-corrected chi connectivity index (χ1v) is 11.7. The van der Waals surface area contributed by atoms with E-state index in [9.17, 15) is 5.11 Å². The first-order chi connectivity index (χ1) is 16.8. The average molecular weight is 451 g/mol. The van der Waals surface area contributed by atoms with Crippen LogP contribution in [0.3, 0.4) is 0 Å². The molecule has 3 aromatic carbocycles. The van der Waals surface area contributed by atoms with Crippen LogP contribution in [0.25, 0.3) is 44.4 Å². The minimum Gasteiger partial charge on any atom is -0.392 e. The summed E-state index contributed by atoms with van der Waals surface area (Å²) in [5.74, 6) is 0.717. The maximum Gasteiger partial charge on any atom is 0.183 e. The SMILES string of the molecule is C/C=C\C(=C/Cn1c(-c2cc(-c3ccccc3)no2)cc2c3ccccc3ccc21)CO.CC. The summed E-state index contributed by atoms with van der Waals surface area (Å²) in [4.78, 5) is 0. The second kappa shape index (κ2) is 10.8. The molecule has 2 aromatic heterocycles. The first kappa shape index (κ1) is 23.3. The van der Waals surface area contributed by atoms with Gasteiger partial charge in [0, 0.05) is 29.1 Å². The summed E-state index contributed by atoms with van der Waals surface area (Å²) in [6.45, 7) is 6.56. The molecule has 0 aliphatic carbocycles. The van der Waals surface area contributed by atoms with Gasteiger partial charge in [0.05, 0.1) is 12.3 Å². The van der Waals surface area contributed by atoms with Crippen molar-refractivity contribution in [3.8, 4) is 22.7 Å². The zero-order valence-corrected chi connectivity index (χ0v) is 19.9. The van der Waals surface area contributed by atoms with Gasteiger partial charge in [0.15, 0.2) is 5.76 Å².